The normalized spacial score (nSPS) is 34.1. The molecule has 2 nitrogen and oxygen atoms in total. The Kier molecular flexibility index (Phi) is 3.94. The lowest BCUT2D eigenvalue weighted by Crippen LogP contribution is -2.34. The minimum atomic E-state index is -0.267. The highest BCUT2D eigenvalue weighted by Gasteiger charge is 2.29. The molecule has 0 amide bonds. The van der Waals surface area contributed by atoms with Crippen LogP contribution in [-0.4, -0.2) is 22.9 Å². The maximum absolute atomic E-state index is 9.97. The SMILES string of the molecule is CC(C)C1CC=CC(CCO)C1O. The van der Waals surface area contributed by atoms with Crippen molar-refractivity contribution in [3.05, 3.63) is 12.2 Å². The van der Waals surface area contributed by atoms with E-state index in [1.807, 2.05) is 6.08 Å². The monoisotopic (exact) mass is 184 g/mol. The Bertz CT molecular complexity index is 175. The standard InChI is InChI=1S/C11H20O2/c1-8(2)10-5-3-4-9(6-7-12)11(10)13/h3-4,8-13H,5-7H2,1-2H3. The summed E-state index contributed by atoms with van der Waals surface area (Å²) in [6.07, 6.45) is 5.57. The van der Waals surface area contributed by atoms with E-state index in [0.29, 0.717) is 18.3 Å². The molecule has 1 rings (SSSR count). The van der Waals surface area contributed by atoms with E-state index in [1.165, 1.54) is 0 Å². The van der Waals surface area contributed by atoms with Crippen LogP contribution in [0.15, 0.2) is 12.2 Å². The molecule has 3 atom stereocenters. The van der Waals surface area contributed by atoms with Crippen molar-refractivity contribution >= 4 is 0 Å². The molecule has 0 aromatic rings. The van der Waals surface area contributed by atoms with Gasteiger partial charge in [-0.25, -0.2) is 0 Å². The third kappa shape index (κ3) is 2.55. The molecule has 2 N–H and O–H groups in total. The van der Waals surface area contributed by atoms with E-state index in [0.717, 1.165) is 6.42 Å². The van der Waals surface area contributed by atoms with E-state index < -0.39 is 0 Å². The lowest BCUT2D eigenvalue weighted by molar-refractivity contribution is 0.0321. The van der Waals surface area contributed by atoms with Crippen LogP contribution in [0.5, 0.6) is 0 Å². The molecular formula is C11H20O2. The minimum absolute atomic E-state index is 0.158. The van der Waals surface area contributed by atoms with Gasteiger partial charge in [-0.2, -0.15) is 0 Å². The van der Waals surface area contributed by atoms with Gasteiger partial charge in [0.2, 0.25) is 0 Å². The first-order valence-electron chi connectivity index (χ1n) is 5.12. The van der Waals surface area contributed by atoms with Crippen LogP contribution in [0.4, 0.5) is 0 Å². The summed E-state index contributed by atoms with van der Waals surface area (Å²) in [6, 6.07) is 0. The Balaban J connectivity index is 2.59. The average Bonchev–Trinajstić information content (AvgIpc) is 2.08. The third-order valence-corrected chi connectivity index (χ3v) is 2.99. The summed E-state index contributed by atoms with van der Waals surface area (Å²) in [7, 11) is 0. The maximum Gasteiger partial charge on any atom is 0.0637 e. The topological polar surface area (TPSA) is 40.5 Å². The van der Waals surface area contributed by atoms with E-state index in [2.05, 4.69) is 19.9 Å². The van der Waals surface area contributed by atoms with Gasteiger partial charge in [-0.05, 0) is 24.7 Å². The molecule has 0 heterocycles. The van der Waals surface area contributed by atoms with Crippen LogP contribution < -0.4 is 0 Å². The molecule has 2 heteroatoms. The van der Waals surface area contributed by atoms with Gasteiger partial charge in [0.25, 0.3) is 0 Å². The second kappa shape index (κ2) is 4.77. The minimum Gasteiger partial charge on any atom is -0.396 e. The van der Waals surface area contributed by atoms with Crippen molar-refractivity contribution < 1.29 is 10.2 Å². The molecule has 0 radical (unpaired) electrons. The molecule has 1 aliphatic rings. The fourth-order valence-corrected chi connectivity index (χ4v) is 2.06. The summed E-state index contributed by atoms with van der Waals surface area (Å²) in [6.45, 7) is 4.45. The highest BCUT2D eigenvalue weighted by molar-refractivity contribution is 5.01. The fourth-order valence-electron chi connectivity index (χ4n) is 2.06. The third-order valence-electron chi connectivity index (χ3n) is 2.99. The van der Waals surface area contributed by atoms with E-state index in [-0.39, 0.29) is 18.6 Å². The Labute approximate surface area is 80.3 Å². The van der Waals surface area contributed by atoms with Crippen molar-refractivity contribution in [1.29, 1.82) is 0 Å². The molecule has 0 saturated heterocycles. The van der Waals surface area contributed by atoms with Crippen LogP contribution in [0.1, 0.15) is 26.7 Å². The molecule has 0 aromatic carbocycles. The fraction of sp³-hybridized carbons (Fsp3) is 0.818. The lowest BCUT2D eigenvalue weighted by atomic mass is 9.76. The molecule has 0 bridgehead atoms. The molecular weight excluding hydrogens is 164 g/mol. The molecule has 0 fully saturated rings. The van der Waals surface area contributed by atoms with Crippen molar-refractivity contribution in [3.8, 4) is 0 Å². The highest BCUT2D eigenvalue weighted by Crippen LogP contribution is 2.31. The zero-order valence-electron chi connectivity index (χ0n) is 8.48. The Hall–Kier alpha value is -0.340. The van der Waals surface area contributed by atoms with Gasteiger partial charge in [0.1, 0.15) is 0 Å². The largest absolute Gasteiger partial charge is 0.396 e. The average molecular weight is 184 g/mol. The molecule has 13 heavy (non-hydrogen) atoms. The van der Waals surface area contributed by atoms with Gasteiger partial charge >= 0.3 is 0 Å². The van der Waals surface area contributed by atoms with Gasteiger partial charge in [0, 0.05) is 12.5 Å². The Morgan fingerprint density at radius 1 is 1.46 bits per heavy atom. The second-order valence-electron chi connectivity index (χ2n) is 4.24. The molecule has 0 aliphatic heterocycles. The zero-order valence-corrected chi connectivity index (χ0v) is 8.48. The predicted octanol–water partition coefficient (Wildman–Crippen LogP) is 1.58. The van der Waals surface area contributed by atoms with Crippen LogP contribution >= 0.6 is 0 Å². The number of aliphatic hydroxyl groups is 2. The van der Waals surface area contributed by atoms with E-state index in [9.17, 15) is 5.11 Å². The maximum atomic E-state index is 9.97. The molecule has 0 spiro atoms. The molecule has 0 saturated carbocycles. The van der Waals surface area contributed by atoms with Crippen molar-refractivity contribution in [2.24, 2.45) is 17.8 Å². The molecule has 76 valence electrons. The number of rotatable bonds is 3. The number of hydrogen-bond acceptors (Lipinski definition) is 2. The first-order chi connectivity index (χ1) is 6.16. The Morgan fingerprint density at radius 3 is 2.69 bits per heavy atom. The van der Waals surface area contributed by atoms with Crippen LogP contribution in [0.25, 0.3) is 0 Å². The van der Waals surface area contributed by atoms with Gasteiger partial charge in [0.15, 0.2) is 0 Å². The summed E-state index contributed by atoms with van der Waals surface area (Å²) >= 11 is 0. The van der Waals surface area contributed by atoms with E-state index in [4.69, 9.17) is 5.11 Å². The van der Waals surface area contributed by atoms with Gasteiger partial charge in [-0.1, -0.05) is 26.0 Å². The Morgan fingerprint density at radius 2 is 2.15 bits per heavy atom. The van der Waals surface area contributed by atoms with Crippen LogP contribution in [0.3, 0.4) is 0 Å². The van der Waals surface area contributed by atoms with Gasteiger partial charge < -0.3 is 10.2 Å². The number of aliphatic hydroxyl groups excluding tert-OH is 2. The summed E-state index contributed by atoms with van der Waals surface area (Å²) in [4.78, 5) is 0. The van der Waals surface area contributed by atoms with Crippen LogP contribution in [0.2, 0.25) is 0 Å². The molecule has 0 aromatic heterocycles. The van der Waals surface area contributed by atoms with Crippen LogP contribution in [0, 0.1) is 17.8 Å². The second-order valence-corrected chi connectivity index (χ2v) is 4.24. The van der Waals surface area contributed by atoms with Gasteiger partial charge in [-0.15, -0.1) is 0 Å². The summed E-state index contributed by atoms with van der Waals surface area (Å²) in [5, 5.41) is 18.8. The van der Waals surface area contributed by atoms with Crippen LogP contribution in [-0.2, 0) is 0 Å². The highest BCUT2D eigenvalue weighted by atomic mass is 16.3. The van der Waals surface area contributed by atoms with E-state index in [1.54, 1.807) is 0 Å². The number of allylic oxidation sites excluding steroid dienone is 1. The van der Waals surface area contributed by atoms with Crippen molar-refractivity contribution in [1.82, 2.24) is 0 Å². The van der Waals surface area contributed by atoms with Gasteiger partial charge in [-0.3, -0.25) is 0 Å². The van der Waals surface area contributed by atoms with Gasteiger partial charge in [0.05, 0.1) is 6.10 Å². The van der Waals surface area contributed by atoms with Crippen molar-refractivity contribution in [3.63, 3.8) is 0 Å². The summed E-state index contributed by atoms with van der Waals surface area (Å²) < 4.78 is 0. The quantitative estimate of drug-likeness (QED) is 0.654. The summed E-state index contributed by atoms with van der Waals surface area (Å²) in [5.41, 5.74) is 0. The summed E-state index contributed by atoms with van der Waals surface area (Å²) in [5.74, 6) is 1.04. The zero-order chi connectivity index (χ0) is 9.84. The molecule has 3 unspecified atom stereocenters. The van der Waals surface area contributed by atoms with E-state index >= 15 is 0 Å². The first-order valence-corrected chi connectivity index (χ1v) is 5.12. The smallest absolute Gasteiger partial charge is 0.0637 e. The van der Waals surface area contributed by atoms with Crippen molar-refractivity contribution in [2.45, 2.75) is 32.8 Å². The first kappa shape index (κ1) is 10.7. The predicted molar refractivity (Wildman–Crippen MR) is 53.3 cm³/mol. The number of hydrogen-bond donors (Lipinski definition) is 2. The lowest BCUT2D eigenvalue weighted by Gasteiger charge is -2.33. The molecule has 1 aliphatic carbocycles. The van der Waals surface area contributed by atoms with Crippen molar-refractivity contribution in [2.75, 3.05) is 6.61 Å².